The summed E-state index contributed by atoms with van der Waals surface area (Å²) in [5.74, 6) is -0.895. The van der Waals surface area contributed by atoms with Gasteiger partial charge in [0.2, 0.25) is 0 Å². The SMILES string of the molecule is C[C@@H](Nc1ccnc2c1cnn2C)C(=O)O. The standard InChI is InChI=1S/C10H12N4O2/c1-6(10(15)16)13-8-3-4-11-9-7(8)5-12-14(9)2/h3-6H,1-2H3,(H,11,13)(H,15,16)/t6-/m1/s1. The number of fused-ring (bicyclic) bond motifs is 1. The summed E-state index contributed by atoms with van der Waals surface area (Å²) in [4.78, 5) is 14.9. The smallest absolute Gasteiger partial charge is 0.325 e. The molecule has 0 spiro atoms. The first kappa shape index (κ1) is 10.4. The number of carboxylic acid groups (broad SMARTS) is 1. The number of aliphatic carboxylic acids is 1. The van der Waals surface area contributed by atoms with E-state index >= 15 is 0 Å². The van der Waals surface area contributed by atoms with Crippen LogP contribution in [0.5, 0.6) is 0 Å². The van der Waals surface area contributed by atoms with Crippen molar-refractivity contribution in [2.24, 2.45) is 7.05 Å². The van der Waals surface area contributed by atoms with Crippen LogP contribution in [0.25, 0.3) is 11.0 Å². The number of aryl methyl sites for hydroxylation is 1. The number of nitrogens with zero attached hydrogens (tertiary/aromatic N) is 3. The summed E-state index contributed by atoms with van der Waals surface area (Å²) in [6.45, 7) is 1.59. The third kappa shape index (κ3) is 1.69. The van der Waals surface area contributed by atoms with Crippen LogP contribution in [0.3, 0.4) is 0 Å². The van der Waals surface area contributed by atoms with E-state index in [1.54, 1.807) is 37.1 Å². The van der Waals surface area contributed by atoms with Gasteiger partial charge in [0.15, 0.2) is 5.65 Å². The number of hydrogen-bond donors (Lipinski definition) is 2. The van der Waals surface area contributed by atoms with Crippen molar-refractivity contribution in [3.05, 3.63) is 18.5 Å². The molecule has 0 aliphatic carbocycles. The molecule has 1 atom stereocenters. The van der Waals surface area contributed by atoms with Gasteiger partial charge in [-0.15, -0.1) is 0 Å². The molecule has 2 aromatic heterocycles. The number of nitrogens with one attached hydrogen (secondary N) is 1. The Morgan fingerprint density at radius 1 is 1.62 bits per heavy atom. The molecule has 2 heterocycles. The van der Waals surface area contributed by atoms with Crippen LogP contribution in [0.4, 0.5) is 5.69 Å². The molecule has 6 heteroatoms. The number of aromatic nitrogens is 3. The van der Waals surface area contributed by atoms with Crippen molar-refractivity contribution in [1.29, 1.82) is 0 Å². The molecule has 6 nitrogen and oxygen atoms in total. The van der Waals surface area contributed by atoms with Crippen molar-refractivity contribution in [2.75, 3.05) is 5.32 Å². The van der Waals surface area contributed by atoms with Gasteiger partial charge in [-0.1, -0.05) is 0 Å². The van der Waals surface area contributed by atoms with Crippen molar-refractivity contribution in [3.63, 3.8) is 0 Å². The van der Waals surface area contributed by atoms with E-state index in [-0.39, 0.29) is 0 Å². The summed E-state index contributed by atoms with van der Waals surface area (Å²) < 4.78 is 1.64. The molecule has 2 N–H and O–H groups in total. The van der Waals surface area contributed by atoms with Gasteiger partial charge in [-0.3, -0.25) is 9.48 Å². The van der Waals surface area contributed by atoms with Crippen LogP contribution >= 0.6 is 0 Å². The van der Waals surface area contributed by atoms with E-state index in [4.69, 9.17) is 5.11 Å². The van der Waals surface area contributed by atoms with E-state index < -0.39 is 12.0 Å². The van der Waals surface area contributed by atoms with Crippen molar-refractivity contribution in [1.82, 2.24) is 14.8 Å². The van der Waals surface area contributed by atoms with Crippen LogP contribution < -0.4 is 5.32 Å². The minimum absolute atomic E-state index is 0.647. The molecule has 0 fully saturated rings. The highest BCUT2D eigenvalue weighted by molar-refractivity contribution is 5.90. The van der Waals surface area contributed by atoms with Gasteiger partial charge < -0.3 is 10.4 Å². The lowest BCUT2D eigenvalue weighted by atomic mass is 10.2. The molecule has 84 valence electrons. The predicted molar refractivity (Wildman–Crippen MR) is 59.2 cm³/mol. The number of anilines is 1. The number of pyridine rings is 1. The van der Waals surface area contributed by atoms with E-state index in [1.807, 2.05) is 0 Å². The highest BCUT2D eigenvalue weighted by atomic mass is 16.4. The molecule has 0 aromatic carbocycles. The Morgan fingerprint density at radius 3 is 3.06 bits per heavy atom. The molecule has 0 saturated heterocycles. The maximum Gasteiger partial charge on any atom is 0.325 e. The molecule has 0 aliphatic rings. The number of carbonyl (C=O) groups is 1. The largest absolute Gasteiger partial charge is 0.480 e. The Kier molecular flexibility index (Phi) is 2.47. The zero-order valence-corrected chi connectivity index (χ0v) is 9.01. The molecule has 0 radical (unpaired) electrons. The van der Waals surface area contributed by atoms with Gasteiger partial charge in [-0.05, 0) is 13.0 Å². The second kappa shape index (κ2) is 3.80. The summed E-state index contributed by atoms with van der Waals surface area (Å²) in [6.07, 6.45) is 3.29. The zero-order chi connectivity index (χ0) is 11.7. The van der Waals surface area contributed by atoms with E-state index in [9.17, 15) is 4.79 Å². The molecule has 0 unspecified atom stereocenters. The third-order valence-electron chi connectivity index (χ3n) is 2.38. The maximum absolute atomic E-state index is 10.7. The van der Waals surface area contributed by atoms with Crippen molar-refractivity contribution < 1.29 is 9.90 Å². The minimum atomic E-state index is -0.895. The summed E-state index contributed by atoms with van der Waals surface area (Å²) in [5, 5.41) is 16.6. The van der Waals surface area contributed by atoms with Crippen LogP contribution in [0.1, 0.15) is 6.92 Å². The second-order valence-corrected chi connectivity index (χ2v) is 3.57. The van der Waals surface area contributed by atoms with Gasteiger partial charge in [-0.2, -0.15) is 5.10 Å². The lowest BCUT2D eigenvalue weighted by molar-refractivity contribution is -0.137. The monoisotopic (exact) mass is 220 g/mol. The third-order valence-corrected chi connectivity index (χ3v) is 2.38. The van der Waals surface area contributed by atoms with Crippen molar-refractivity contribution in [2.45, 2.75) is 13.0 Å². The lowest BCUT2D eigenvalue weighted by Gasteiger charge is -2.10. The van der Waals surface area contributed by atoms with Crippen LogP contribution in [0.15, 0.2) is 18.5 Å². The van der Waals surface area contributed by atoms with E-state index in [1.165, 1.54) is 0 Å². The fourth-order valence-electron chi connectivity index (χ4n) is 1.47. The number of hydrogen-bond acceptors (Lipinski definition) is 4. The highest BCUT2D eigenvalue weighted by Crippen LogP contribution is 2.20. The fourth-order valence-corrected chi connectivity index (χ4v) is 1.47. The van der Waals surface area contributed by atoms with Gasteiger partial charge in [-0.25, -0.2) is 4.98 Å². The van der Waals surface area contributed by atoms with Gasteiger partial charge in [0.1, 0.15) is 6.04 Å². The molecule has 0 saturated carbocycles. The van der Waals surface area contributed by atoms with Gasteiger partial charge in [0.05, 0.1) is 11.6 Å². The summed E-state index contributed by atoms with van der Waals surface area (Å²) in [6, 6.07) is 1.09. The van der Waals surface area contributed by atoms with E-state index in [0.29, 0.717) is 0 Å². The van der Waals surface area contributed by atoms with Gasteiger partial charge in [0, 0.05) is 18.9 Å². The van der Waals surface area contributed by atoms with Crippen LogP contribution in [-0.4, -0.2) is 31.9 Å². The van der Waals surface area contributed by atoms with Crippen molar-refractivity contribution in [3.8, 4) is 0 Å². The van der Waals surface area contributed by atoms with Crippen LogP contribution in [0, 0.1) is 0 Å². The van der Waals surface area contributed by atoms with Crippen molar-refractivity contribution >= 4 is 22.7 Å². The predicted octanol–water partition coefficient (Wildman–Crippen LogP) is 0.853. The Morgan fingerprint density at radius 2 is 2.38 bits per heavy atom. The maximum atomic E-state index is 10.7. The average molecular weight is 220 g/mol. The van der Waals surface area contributed by atoms with E-state index in [2.05, 4.69) is 15.4 Å². The molecule has 2 aromatic rings. The zero-order valence-electron chi connectivity index (χ0n) is 9.01. The first-order valence-corrected chi connectivity index (χ1v) is 4.85. The van der Waals surface area contributed by atoms with E-state index in [0.717, 1.165) is 16.7 Å². The van der Waals surface area contributed by atoms with Crippen LogP contribution in [-0.2, 0) is 11.8 Å². The molecule has 2 rings (SSSR count). The Hall–Kier alpha value is -2.11. The molecule has 0 amide bonds. The first-order valence-electron chi connectivity index (χ1n) is 4.85. The Bertz CT molecular complexity index is 535. The lowest BCUT2D eigenvalue weighted by Crippen LogP contribution is -2.25. The average Bonchev–Trinajstić information content (AvgIpc) is 2.62. The summed E-state index contributed by atoms with van der Waals surface area (Å²) in [7, 11) is 1.79. The number of rotatable bonds is 3. The second-order valence-electron chi connectivity index (χ2n) is 3.57. The minimum Gasteiger partial charge on any atom is -0.480 e. The molecular formula is C10H12N4O2. The highest BCUT2D eigenvalue weighted by Gasteiger charge is 2.13. The molecule has 0 aliphatic heterocycles. The Balaban J connectivity index is 2.41. The quantitative estimate of drug-likeness (QED) is 0.801. The van der Waals surface area contributed by atoms with Gasteiger partial charge in [0.25, 0.3) is 0 Å². The number of carboxylic acids is 1. The Labute approximate surface area is 91.9 Å². The molecule has 16 heavy (non-hydrogen) atoms. The summed E-state index contributed by atoms with van der Waals surface area (Å²) in [5.41, 5.74) is 1.45. The molecular weight excluding hydrogens is 208 g/mol. The fraction of sp³-hybridized carbons (Fsp3) is 0.300. The normalized spacial score (nSPS) is 12.6. The first-order chi connectivity index (χ1) is 7.59. The topological polar surface area (TPSA) is 80.0 Å². The molecule has 0 bridgehead atoms. The summed E-state index contributed by atoms with van der Waals surface area (Å²) >= 11 is 0. The van der Waals surface area contributed by atoms with Gasteiger partial charge >= 0.3 is 5.97 Å². The van der Waals surface area contributed by atoms with Crippen LogP contribution in [0.2, 0.25) is 0 Å².